The van der Waals surface area contributed by atoms with Crippen LogP contribution in [0.1, 0.15) is 271 Å². The van der Waals surface area contributed by atoms with E-state index >= 15 is 13.2 Å². The van der Waals surface area contributed by atoms with E-state index in [0.29, 0.717) is 53.8 Å². The number of hydrogen-bond acceptors (Lipinski definition) is 16. The predicted molar refractivity (Wildman–Crippen MR) is 472 cm³/mol. The number of carboxylic acids is 2. The van der Waals surface area contributed by atoms with Gasteiger partial charge in [0.25, 0.3) is 17.7 Å². The lowest BCUT2D eigenvalue weighted by molar-refractivity contribution is -0.161. The van der Waals surface area contributed by atoms with E-state index in [1.54, 1.807) is 62.3 Å². The van der Waals surface area contributed by atoms with Crippen LogP contribution >= 0.6 is 34.8 Å². The van der Waals surface area contributed by atoms with E-state index in [2.05, 4.69) is 20.6 Å². The molecular weight excluding hydrogens is 1850 g/mol. The van der Waals surface area contributed by atoms with Gasteiger partial charge in [0.2, 0.25) is 5.91 Å². The normalized spacial score (nSPS) is 18.6. The van der Waals surface area contributed by atoms with Crippen molar-refractivity contribution < 1.29 is 120 Å². The second-order valence-electron chi connectivity index (χ2n) is 38.6. The number of esters is 3. The fourth-order valence-electron chi connectivity index (χ4n) is 17.7. The SMILES string of the molecule is CC(C)(C)OC(=O)c1ccc(-c2nn(C(=O)c3c(Cl)cccc3C3(C(F)(F)F)CC3)c3c2CCC(C(=O)O)C3)c(F)c1.CC(C)(C)OC(=O)c1ccc(-c2nn(C(=O)c3c(Cl)cccc3C3(C(F)(F)F)CC3)c3c2CCC(N)C3)c(F)c1.CC(C)(C)OC(=O)c1ccc(-c2nn(C(=O)c3c(Cl)cccc3C3(C(F)(F)F)CC3)c3c2CCC(NC(=O)C2CCC2)C3)c(F)c1.O=C(O)C1CCC1. The van der Waals surface area contributed by atoms with E-state index < -0.39 is 123 Å². The fraction of sp³-hybridized carbons (Fsp3) is 0.449. The zero-order chi connectivity index (χ0) is 98.4. The molecule has 135 heavy (non-hydrogen) atoms. The number of nitrogens with one attached hydrogen (secondary N) is 1. The summed E-state index contributed by atoms with van der Waals surface area (Å²) >= 11 is 19.1. The van der Waals surface area contributed by atoms with Crippen LogP contribution in [0.2, 0.25) is 15.1 Å². The van der Waals surface area contributed by atoms with E-state index in [9.17, 15) is 87.8 Å². The van der Waals surface area contributed by atoms with Crippen molar-refractivity contribution in [1.29, 1.82) is 0 Å². The highest BCUT2D eigenvalue weighted by molar-refractivity contribution is 6.35. The van der Waals surface area contributed by atoms with Crippen molar-refractivity contribution in [3.63, 3.8) is 0 Å². The van der Waals surface area contributed by atoms with Gasteiger partial charge in [-0.2, -0.15) is 68.9 Å². The molecule has 0 bridgehead atoms. The smallest absolute Gasteiger partial charge is 0.398 e. The third-order valence-corrected chi connectivity index (χ3v) is 26.7. The molecule has 17 rings (SSSR count). The first-order chi connectivity index (χ1) is 63.1. The number of carbonyl (C=O) groups excluding carboxylic acids is 7. The van der Waals surface area contributed by atoms with Crippen LogP contribution in [-0.2, 0) is 83.4 Å². The molecule has 0 radical (unpaired) electrons. The lowest BCUT2D eigenvalue weighted by Gasteiger charge is -2.29. The maximum absolute atomic E-state index is 15.7. The van der Waals surface area contributed by atoms with E-state index in [-0.39, 0.29) is 205 Å². The van der Waals surface area contributed by atoms with Crippen molar-refractivity contribution >= 4 is 88.3 Å². The minimum Gasteiger partial charge on any atom is -0.481 e. The van der Waals surface area contributed by atoms with E-state index in [1.165, 1.54) is 91.0 Å². The van der Waals surface area contributed by atoms with Crippen LogP contribution in [0.3, 0.4) is 0 Å². The molecule has 5 N–H and O–H groups in total. The molecule has 1 amide bonds. The minimum atomic E-state index is -4.63. The van der Waals surface area contributed by atoms with Crippen LogP contribution in [0.4, 0.5) is 52.7 Å². The number of ether oxygens (including phenoxy) is 3. The number of carbonyl (C=O) groups is 9. The van der Waals surface area contributed by atoms with Gasteiger partial charge in [0, 0.05) is 70.6 Å². The van der Waals surface area contributed by atoms with E-state index in [4.69, 9.17) is 59.9 Å². The minimum absolute atomic E-state index is 0.000000000000000444. The monoisotopic (exact) mass is 1940 g/mol. The van der Waals surface area contributed by atoms with Crippen molar-refractivity contribution in [2.24, 2.45) is 23.5 Å². The second kappa shape index (κ2) is 37.4. The van der Waals surface area contributed by atoms with Crippen LogP contribution in [0, 0.1) is 35.2 Å². The van der Waals surface area contributed by atoms with Gasteiger partial charge in [0.15, 0.2) is 0 Å². The van der Waals surface area contributed by atoms with Gasteiger partial charge in [0.1, 0.15) is 34.3 Å². The quantitative estimate of drug-likeness (QED) is 0.0397. The maximum atomic E-state index is 15.7. The summed E-state index contributed by atoms with van der Waals surface area (Å²) in [6, 6.07) is 22.5. The summed E-state index contributed by atoms with van der Waals surface area (Å²) in [7, 11) is 0. The van der Waals surface area contributed by atoms with Crippen LogP contribution in [0.25, 0.3) is 33.8 Å². The molecule has 8 aliphatic carbocycles. The third kappa shape index (κ3) is 20.5. The molecule has 9 aromatic rings. The summed E-state index contributed by atoms with van der Waals surface area (Å²) in [6.07, 6.45) is -7.10. The zero-order valence-electron chi connectivity index (χ0n) is 74.9. The Morgan fingerprint density at radius 1 is 0.407 bits per heavy atom. The van der Waals surface area contributed by atoms with Crippen LogP contribution in [0.15, 0.2) is 109 Å². The summed E-state index contributed by atoms with van der Waals surface area (Å²) in [6.45, 7) is 15.2. The Balaban J connectivity index is 0.000000156. The number of halogens is 15. The Bertz CT molecular complexity index is 6250. The lowest BCUT2D eigenvalue weighted by Crippen LogP contribution is -2.44. The van der Waals surface area contributed by atoms with Crippen LogP contribution in [-0.4, -0.2) is 140 Å². The van der Waals surface area contributed by atoms with Crippen LogP contribution in [0.5, 0.6) is 0 Å². The van der Waals surface area contributed by atoms with Gasteiger partial charge < -0.3 is 35.5 Å². The van der Waals surface area contributed by atoms with Gasteiger partial charge in [-0.05, 0) is 255 Å². The van der Waals surface area contributed by atoms with Crippen LogP contribution < -0.4 is 11.1 Å². The summed E-state index contributed by atoms with van der Waals surface area (Å²) in [5.41, 5.74) is -1.76. The number of aromatic nitrogens is 6. The molecular formula is C98H97Cl3F12N8O14. The van der Waals surface area contributed by atoms with Crippen molar-refractivity contribution in [1.82, 2.24) is 34.7 Å². The van der Waals surface area contributed by atoms with Crippen molar-refractivity contribution in [2.45, 2.75) is 261 Å². The number of carboxylic acid groups (broad SMARTS) is 2. The number of nitrogens with two attached hydrogens (primary N) is 1. The zero-order valence-corrected chi connectivity index (χ0v) is 77.1. The first-order valence-electron chi connectivity index (χ1n) is 44.2. The molecule has 5 fully saturated rings. The highest BCUT2D eigenvalue weighted by Gasteiger charge is 2.68. The molecule has 0 aliphatic heterocycles. The molecule has 22 nitrogen and oxygen atoms in total. The number of amides is 1. The number of alkyl halides is 9. The molecule has 6 aromatic carbocycles. The predicted octanol–water partition coefficient (Wildman–Crippen LogP) is 21.4. The van der Waals surface area contributed by atoms with Gasteiger partial charge in [-0.25, -0.2) is 27.6 Å². The van der Waals surface area contributed by atoms with Gasteiger partial charge in [-0.3, -0.25) is 28.8 Å². The standard InChI is InChI=1S/C34H34ClF4N3O4.C30H27ClF4N2O5.C29H28ClF4N3O3.C5H8O2/c1-32(2,3)46-31(45)19-10-12-21(25(36)16-19)28-22-13-11-20(40-29(43)18-6-4-7-18)17-26(22)42(41-28)30(44)27-23(8-5-9-24(27)35)33(14-15-33)34(37,38)39;1-28(2,3)42-27(41)16-8-9-17(21(32)13-16)24-18-10-7-15(26(39)40)14-22(18)37(36-24)25(38)23-19(5-4-6-20(23)31)29(11-12-29)30(33,34)35;1-27(2,3)40-26(39)15-7-9-17(21(31)13-15)24-18-10-8-16(35)14-22(18)37(36-24)25(38)23-19(5-4-6-20(23)30)28(11-12-28)29(32,33)34;6-5(7)4-2-1-3-4/h5,8-10,12,16,18,20H,4,6-7,11,13-15,17H2,1-3H3,(H,40,43);4-6,8-9,13,15H,7,10-12,14H2,1-3H3,(H,39,40);4-7,9,13,16H,8,10-12,14,35H2,1-3H3;4H,1-3H2,(H,6,7). The van der Waals surface area contributed by atoms with Gasteiger partial charge >= 0.3 is 48.4 Å². The van der Waals surface area contributed by atoms with Crippen molar-refractivity contribution in [3.8, 4) is 33.8 Å². The molecule has 3 atom stereocenters. The third-order valence-electron chi connectivity index (χ3n) is 25.7. The average molecular weight is 1950 g/mol. The molecule has 3 aromatic heterocycles. The lowest BCUT2D eigenvalue weighted by atomic mass is 9.83. The summed E-state index contributed by atoms with van der Waals surface area (Å²) in [5.74, 6) is -9.96. The molecule has 3 heterocycles. The van der Waals surface area contributed by atoms with E-state index in [1.807, 2.05) is 0 Å². The largest absolute Gasteiger partial charge is 0.481 e. The van der Waals surface area contributed by atoms with Crippen molar-refractivity contribution in [2.75, 3.05) is 0 Å². The number of benzene rings is 6. The summed E-state index contributed by atoms with van der Waals surface area (Å²) < 4.78 is 193. The number of hydrogen-bond donors (Lipinski definition) is 4. The van der Waals surface area contributed by atoms with Crippen molar-refractivity contribution in [3.05, 3.63) is 226 Å². The topological polar surface area (TPSA) is 313 Å². The maximum Gasteiger partial charge on any atom is 0.398 e. The Kier molecular flexibility index (Phi) is 27.6. The van der Waals surface area contributed by atoms with Gasteiger partial charge in [-0.1, -0.05) is 84.0 Å². The van der Waals surface area contributed by atoms with Gasteiger partial charge in [0.05, 0.1) is 111 Å². The number of aliphatic carboxylic acids is 2. The Morgan fingerprint density at radius 3 is 0.985 bits per heavy atom. The summed E-state index contributed by atoms with van der Waals surface area (Å²) in [4.78, 5) is 114. The first-order valence-corrected chi connectivity index (χ1v) is 45.3. The molecule has 0 spiro atoms. The Morgan fingerprint density at radius 2 is 0.711 bits per heavy atom. The molecule has 718 valence electrons. The average Bonchev–Trinajstić information content (AvgIpc) is 1.57. The summed E-state index contributed by atoms with van der Waals surface area (Å²) in [5, 5.41) is 33.8. The number of fused-ring (bicyclic) bond motifs is 3. The molecule has 8 aliphatic rings. The molecule has 5 saturated carbocycles. The molecule has 3 unspecified atom stereocenters. The highest BCUT2D eigenvalue weighted by atomic mass is 35.5. The molecule has 0 saturated heterocycles. The number of nitrogens with zero attached hydrogens (tertiary/aromatic N) is 6. The second-order valence-corrected chi connectivity index (χ2v) is 39.8. The Hall–Kier alpha value is -11.2. The Labute approximate surface area is 782 Å². The first kappa shape index (κ1) is 99.7. The number of rotatable bonds is 16. The molecule has 37 heteroatoms. The van der Waals surface area contributed by atoms with E-state index in [0.717, 1.165) is 70.8 Å². The fourth-order valence-corrected chi connectivity index (χ4v) is 18.5. The highest BCUT2D eigenvalue weighted by Crippen LogP contribution is 2.63. The van der Waals surface area contributed by atoms with Gasteiger partial charge in [-0.15, -0.1) is 0 Å².